The highest BCUT2D eigenvalue weighted by Crippen LogP contribution is 2.15. The van der Waals surface area contributed by atoms with Crippen molar-refractivity contribution < 1.29 is 19.1 Å². The van der Waals surface area contributed by atoms with Crippen LogP contribution in [0.25, 0.3) is 0 Å². The monoisotopic (exact) mass is 663 g/mol. The molecule has 0 aliphatic carbocycles. The molecule has 5 N–H and O–H groups in total. The summed E-state index contributed by atoms with van der Waals surface area (Å²) in [5.41, 5.74) is 11.4. The number of nitrogens with zero attached hydrogens (tertiary/aromatic N) is 3. The summed E-state index contributed by atoms with van der Waals surface area (Å²) in [6, 6.07) is 18.1. The number of ether oxygens (including phenoxy) is 1. The van der Waals surface area contributed by atoms with Crippen molar-refractivity contribution >= 4 is 40.7 Å². The Morgan fingerprint density at radius 2 is 1.37 bits per heavy atom. The van der Waals surface area contributed by atoms with Gasteiger partial charge in [-0.05, 0) is 49.8 Å². The number of carbonyl (C=O) groups excluding carboxylic acids is 3. The zero-order valence-corrected chi connectivity index (χ0v) is 27.5. The summed E-state index contributed by atoms with van der Waals surface area (Å²) in [5, 5.41) is 9.05. The van der Waals surface area contributed by atoms with Gasteiger partial charge >= 0.3 is 12.1 Å². The number of rotatable bonds is 17. The van der Waals surface area contributed by atoms with Gasteiger partial charge in [0.05, 0.1) is 22.4 Å². The van der Waals surface area contributed by atoms with Gasteiger partial charge in [-0.1, -0.05) is 60.7 Å². The predicted molar refractivity (Wildman–Crippen MR) is 180 cm³/mol. The third kappa shape index (κ3) is 11.9. The van der Waals surface area contributed by atoms with E-state index in [0.717, 1.165) is 20.9 Å². The summed E-state index contributed by atoms with van der Waals surface area (Å²) in [5.74, 6) is -0.303. The molecule has 0 spiro atoms. The molecular formula is C33H41N7O4S2. The van der Waals surface area contributed by atoms with Crippen LogP contribution in [0.1, 0.15) is 40.1 Å². The molecule has 2 aromatic heterocycles. The van der Waals surface area contributed by atoms with Crippen molar-refractivity contribution in [2.75, 3.05) is 13.6 Å². The molecule has 0 aliphatic rings. The SMILES string of the molecule is CN(Cc1cncs1)C(=O)N[C@@H](CCN)C(=O)N[C@@H](CC[C@@H](Cc1ccccc1)NC(=O)OCc1cncs1)Cc1ccccc1. The molecule has 13 heteroatoms. The van der Waals surface area contributed by atoms with Crippen LogP contribution >= 0.6 is 22.7 Å². The largest absolute Gasteiger partial charge is 0.444 e. The average Bonchev–Trinajstić information content (AvgIpc) is 3.78. The Bertz CT molecular complexity index is 1460. The van der Waals surface area contributed by atoms with Crippen LogP contribution in [-0.2, 0) is 35.5 Å². The fourth-order valence-electron chi connectivity index (χ4n) is 4.93. The summed E-state index contributed by atoms with van der Waals surface area (Å²) >= 11 is 2.88. The molecular weight excluding hydrogens is 623 g/mol. The quantitative estimate of drug-likeness (QED) is 0.130. The molecule has 0 saturated carbocycles. The summed E-state index contributed by atoms with van der Waals surface area (Å²) in [6.45, 7) is 0.758. The van der Waals surface area contributed by atoms with Crippen molar-refractivity contribution in [1.29, 1.82) is 0 Å². The second-order valence-corrected chi connectivity index (χ2v) is 12.9. The van der Waals surface area contributed by atoms with Gasteiger partial charge in [-0.3, -0.25) is 14.8 Å². The summed E-state index contributed by atoms with van der Waals surface area (Å²) in [7, 11) is 1.67. The topological polar surface area (TPSA) is 152 Å². The Morgan fingerprint density at radius 1 is 0.804 bits per heavy atom. The third-order valence-electron chi connectivity index (χ3n) is 7.30. The molecule has 0 unspecified atom stereocenters. The standard InChI is InChI=1S/C33H41N7O4S2/c1-40(20-28-18-35-22-45-28)32(42)39-30(14-15-34)31(41)37-26(16-24-8-4-2-5-9-24)12-13-27(17-25-10-6-3-7-11-25)38-33(43)44-21-29-19-36-23-46-29/h2-11,18-19,22-23,26-27,30H,12-17,20-21,34H2,1H3,(H,37,41)(H,38,43)(H,39,42)/t26-,27-,30-/m0/s1. The normalized spacial score (nSPS) is 12.8. The number of urea groups is 1. The van der Waals surface area contributed by atoms with Gasteiger partial charge in [-0.2, -0.15) is 0 Å². The maximum atomic E-state index is 13.6. The Balaban J connectivity index is 1.42. The Morgan fingerprint density at radius 3 is 1.91 bits per heavy atom. The van der Waals surface area contributed by atoms with E-state index in [1.54, 1.807) is 30.5 Å². The molecule has 0 radical (unpaired) electrons. The molecule has 11 nitrogen and oxygen atoms in total. The van der Waals surface area contributed by atoms with Crippen LogP contribution < -0.4 is 21.7 Å². The van der Waals surface area contributed by atoms with E-state index in [2.05, 4.69) is 25.9 Å². The Hall–Kier alpha value is -4.33. The fourth-order valence-corrected chi connectivity index (χ4v) is 6.08. The molecule has 2 heterocycles. The summed E-state index contributed by atoms with van der Waals surface area (Å²) < 4.78 is 5.46. The van der Waals surface area contributed by atoms with Gasteiger partial charge in [-0.15, -0.1) is 22.7 Å². The van der Waals surface area contributed by atoms with E-state index in [0.29, 0.717) is 32.2 Å². The van der Waals surface area contributed by atoms with Crippen LogP contribution in [0.15, 0.2) is 84.1 Å². The van der Waals surface area contributed by atoms with Crippen molar-refractivity contribution in [3.63, 3.8) is 0 Å². The molecule has 244 valence electrons. The van der Waals surface area contributed by atoms with Gasteiger partial charge in [0, 0.05) is 36.4 Å². The molecule has 4 amide bonds. The highest BCUT2D eigenvalue weighted by Gasteiger charge is 2.25. The van der Waals surface area contributed by atoms with Crippen LogP contribution in [0, 0.1) is 0 Å². The minimum atomic E-state index is -0.806. The molecule has 0 fully saturated rings. The number of carbonyl (C=O) groups is 3. The van der Waals surface area contributed by atoms with Crippen molar-refractivity contribution in [1.82, 2.24) is 30.8 Å². The van der Waals surface area contributed by atoms with E-state index in [9.17, 15) is 14.4 Å². The zero-order chi connectivity index (χ0) is 32.6. The van der Waals surface area contributed by atoms with Crippen molar-refractivity contribution in [3.8, 4) is 0 Å². The molecule has 0 bridgehead atoms. The number of nitrogens with two attached hydrogens (primary N) is 1. The van der Waals surface area contributed by atoms with Crippen LogP contribution in [0.2, 0.25) is 0 Å². The Labute approximate surface area is 277 Å². The van der Waals surface area contributed by atoms with E-state index >= 15 is 0 Å². The number of nitrogens with one attached hydrogen (secondary N) is 3. The highest BCUT2D eigenvalue weighted by molar-refractivity contribution is 7.09. The van der Waals surface area contributed by atoms with E-state index < -0.39 is 12.1 Å². The zero-order valence-electron chi connectivity index (χ0n) is 25.8. The highest BCUT2D eigenvalue weighted by atomic mass is 32.1. The van der Waals surface area contributed by atoms with Crippen LogP contribution in [0.4, 0.5) is 9.59 Å². The first-order valence-corrected chi connectivity index (χ1v) is 16.9. The first-order chi connectivity index (χ1) is 22.4. The summed E-state index contributed by atoms with van der Waals surface area (Å²) in [6.07, 6.45) is 5.49. The number of amides is 4. The molecule has 3 atom stereocenters. The number of hydrogen-bond acceptors (Lipinski definition) is 9. The average molecular weight is 664 g/mol. The van der Waals surface area contributed by atoms with Gasteiger partial charge in [0.25, 0.3) is 0 Å². The molecule has 4 rings (SSSR count). The van der Waals surface area contributed by atoms with Crippen LogP contribution in [0.3, 0.4) is 0 Å². The lowest BCUT2D eigenvalue weighted by molar-refractivity contribution is -0.123. The van der Waals surface area contributed by atoms with Gasteiger partial charge in [0.2, 0.25) is 5.91 Å². The minimum Gasteiger partial charge on any atom is -0.444 e. The van der Waals surface area contributed by atoms with Crippen LogP contribution in [0.5, 0.6) is 0 Å². The first-order valence-electron chi connectivity index (χ1n) is 15.2. The van der Waals surface area contributed by atoms with Crippen molar-refractivity contribution in [2.24, 2.45) is 5.73 Å². The number of benzene rings is 2. The first kappa shape index (κ1) is 34.5. The van der Waals surface area contributed by atoms with Gasteiger partial charge in [0.1, 0.15) is 12.6 Å². The second-order valence-electron chi connectivity index (χ2n) is 11.0. The fraction of sp³-hybridized carbons (Fsp3) is 0.364. The number of alkyl carbamates (subject to hydrolysis) is 1. The lowest BCUT2D eigenvalue weighted by atomic mass is 9.95. The number of aromatic nitrogens is 2. The molecule has 0 aliphatic heterocycles. The van der Waals surface area contributed by atoms with Crippen LogP contribution in [-0.4, -0.2) is 64.6 Å². The van der Waals surface area contributed by atoms with Gasteiger partial charge < -0.3 is 31.3 Å². The van der Waals surface area contributed by atoms with E-state index in [1.807, 2.05) is 60.7 Å². The number of hydrogen-bond donors (Lipinski definition) is 4. The smallest absolute Gasteiger partial charge is 0.407 e. The van der Waals surface area contributed by atoms with Gasteiger partial charge in [0.15, 0.2) is 0 Å². The van der Waals surface area contributed by atoms with Gasteiger partial charge in [-0.25, -0.2) is 9.59 Å². The predicted octanol–water partition coefficient (Wildman–Crippen LogP) is 4.50. The maximum absolute atomic E-state index is 13.6. The molecule has 46 heavy (non-hydrogen) atoms. The number of thiazole rings is 2. The molecule has 4 aromatic rings. The maximum Gasteiger partial charge on any atom is 0.407 e. The van der Waals surface area contributed by atoms with E-state index in [-0.39, 0.29) is 43.6 Å². The van der Waals surface area contributed by atoms with E-state index in [4.69, 9.17) is 10.5 Å². The lowest BCUT2D eigenvalue weighted by Crippen LogP contribution is -2.53. The second kappa shape index (κ2) is 18.6. The Kier molecular flexibility index (Phi) is 14.0. The lowest BCUT2D eigenvalue weighted by Gasteiger charge is -2.27. The van der Waals surface area contributed by atoms with Crippen molar-refractivity contribution in [3.05, 3.63) is 105 Å². The third-order valence-corrected chi connectivity index (χ3v) is 8.82. The molecule has 0 saturated heterocycles. The van der Waals surface area contributed by atoms with E-state index in [1.165, 1.54) is 27.6 Å². The van der Waals surface area contributed by atoms with Crippen molar-refractivity contribution in [2.45, 2.75) is 63.4 Å². The summed E-state index contributed by atoms with van der Waals surface area (Å²) in [4.78, 5) is 50.8. The molecule has 2 aromatic carbocycles. The minimum absolute atomic E-state index is 0.148.